The first-order chi connectivity index (χ1) is 12.5. The van der Waals surface area contributed by atoms with E-state index in [4.69, 9.17) is 4.74 Å². The van der Waals surface area contributed by atoms with Crippen molar-refractivity contribution in [1.82, 2.24) is 9.97 Å². The maximum atomic E-state index is 12.6. The average Bonchev–Trinajstić information content (AvgIpc) is 3.16. The van der Waals surface area contributed by atoms with Crippen LogP contribution in [-0.2, 0) is 6.54 Å². The van der Waals surface area contributed by atoms with Crippen molar-refractivity contribution in [1.29, 1.82) is 0 Å². The maximum Gasteiger partial charge on any atom is 0.336 e. The lowest BCUT2D eigenvalue weighted by atomic mass is 10.1. The first-order valence-corrected chi connectivity index (χ1v) is 8.00. The van der Waals surface area contributed by atoms with E-state index in [2.05, 4.69) is 9.97 Å². The lowest BCUT2D eigenvalue weighted by Crippen LogP contribution is -2.23. The lowest BCUT2D eigenvalue weighted by molar-refractivity contribution is 0.0695. The molecule has 7 nitrogen and oxygen atoms in total. The number of hydrogen-bond donors (Lipinski definition) is 2. The van der Waals surface area contributed by atoms with Crippen LogP contribution in [-0.4, -0.2) is 27.0 Å². The third kappa shape index (κ3) is 2.69. The van der Waals surface area contributed by atoms with Crippen molar-refractivity contribution >= 4 is 17.6 Å². The van der Waals surface area contributed by atoms with E-state index >= 15 is 0 Å². The number of amides is 1. The monoisotopic (exact) mass is 349 g/mol. The number of imidazole rings is 1. The number of carboxylic acids is 1. The van der Waals surface area contributed by atoms with Gasteiger partial charge in [-0.2, -0.15) is 4.98 Å². The summed E-state index contributed by atoms with van der Waals surface area (Å²) >= 11 is 0. The molecule has 1 amide bonds. The Labute approximate surface area is 148 Å². The number of nitrogens with zero attached hydrogens (tertiary/aromatic N) is 2. The van der Waals surface area contributed by atoms with Crippen molar-refractivity contribution in [3.05, 3.63) is 71.0 Å². The Morgan fingerprint density at radius 3 is 2.69 bits per heavy atom. The lowest BCUT2D eigenvalue weighted by Gasteiger charge is -2.15. The minimum atomic E-state index is -1.02. The Balaban J connectivity index is 1.57. The summed E-state index contributed by atoms with van der Waals surface area (Å²) in [6.45, 7) is 2.09. The summed E-state index contributed by atoms with van der Waals surface area (Å²) < 4.78 is 5.61. The molecule has 0 fully saturated rings. The molecule has 2 aromatic carbocycles. The van der Waals surface area contributed by atoms with E-state index in [0.29, 0.717) is 29.2 Å². The highest BCUT2D eigenvalue weighted by Crippen LogP contribution is 2.30. The zero-order valence-electron chi connectivity index (χ0n) is 13.9. The molecule has 4 rings (SSSR count). The van der Waals surface area contributed by atoms with E-state index in [0.717, 1.165) is 5.69 Å². The van der Waals surface area contributed by atoms with Crippen molar-refractivity contribution in [2.24, 2.45) is 0 Å². The van der Waals surface area contributed by atoms with E-state index in [1.54, 1.807) is 24.0 Å². The quantitative estimate of drug-likeness (QED) is 0.753. The summed E-state index contributed by atoms with van der Waals surface area (Å²) in [5.74, 6) is -0.885. The number of carbonyl (C=O) groups excluding carboxylic acids is 1. The van der Waals surface area contributed by atoms with Crippen LogP contribution in [0.5, 0.6) is 11.8 Å². The van der Waals surface area contributed by atoms with Gasteiger partial charge in [0.05, 0.1) is 17.8 Å². The molecule has 2 heterocycles. The molecular weight excluding hydrogens is 334 g/mol. The fraction of sp³-hybridized carbons (Fsp3) is 0.105. The molecule has 0 saturated carbocycles. The molecule has 1 aromatic heterocycles. The van der Waals surface area contributed by atoms with Crippen LogP contribution in [0, 0.1) is 6.92 Å². The smallest absolute Gasteiger partial charge is 0.336 e. The van der Waals surface area contributed by atoms with E-state index in [1.165, 1.54) is 6.07 Å². The van der Waals surface area contributed by atoms with Gasteiger partial charge in [-0.05, 0) is 36.8 Å². The molecule has 26 heavy (non-hydrogen) atoms. The number of H-pyrrole nitrogens is 1. The van der Waals surface area contributed by atoms with Crippen LogP contribution < -0.4 is 9.64 Å². The first-order valence-electron chi connectivity index (χ1n) is 8.00. The fourth-order valence-electron chi connectivity index (χ4n) is 2.91. The van der Waals surface area contributed by atoms with Gasteiger partial charge < -0.3 is 19.7 Å². The van der Waals surface area contributed by atoms with Gasteiger partial charge >= 0.3 is 5.97 Å². The number of aromatic nitrogens is 2. The average molecular weight is 349 g/mol. The van der Waals surface area contributed by atoms with Crippen molar-refractivity contribution in [3.63, 3.8) is 0 Å². The topological polar surface area (TPSA) is 95.5 Å². The van der Waals surface area contributed by atoms with Gasteiger partial charge in [-0.3, -0.25) is 4.79 Å². The Bertz CT molecular complexity index is 1010. The number of carboxylic acid groups (broad SMARTS) is 1. The molecule has 2 N–H and O–H groups in total. The van der Waals surface area contributed by atoms with E-state index in [-0.39, 0.29) is 17.5 Å². The molecular formula is C19H15N3O4. The normalized spacial score (nSPS) is 13.0. The van der Waals surface area contributed by atoms with Crippen LogP contribution in [0.1, 0.15) is 32.1 Å². The second-order valence-electron chi connectivity index (χ2n) is 5.98. The highest BCUT2D eigenvalue weighted by atomic mass is 16.5. The van der Waals surface area contributed by atoms with Crippen molar-refractivity contribution in [3.8, 4) is 11.8 Å². The first kappa shape index (κ1) is 15.9. The number of anilines is 1. The minimum absolute atomic E-state index is 0.160. The van der Waals surface area contributed by atoms with Gasteiger partial charge in [0.25, 0.3) is 11.9 Å². The Morgan fingerprint density at radius 1 is 1.23 bits per heavy atom. The number of hydrogen-bond acceptors (Lipinski definition) is 4. The Kier molecular flexibility index (Phi) is 3.69. The van der Waals surface area contributed by atoms with Gasteiger partial charge in [0.15, 0.2) is 5.69 Å². The molecule has 0 bridgehead atoms. The second-order valence-corrected chi connectivity index (χ2v) is 5.98. The number of aryl methyl sites for hydroxylation is 1. The number of benzene rings is 2. The molecule has 0 saturated heterocycles. The standard InChI is InChI=1S/C19H15N3O4/c1-11-7-8-13(9-14(11)18(24)25)26-19-20-15-10-22(17(23)16(15)21-19)12-5-3-2-4-6-12/h2-9H,10H2,1H3,(H,20,21)(H,24,25). The van der Waals surface area contributed by atoms with Crippen LogP contribution in [0.15, 0.2) is 48.5 Å². The Morgan fingerprint density at radius 2 is 2.00 bits per heavy atom. The van der Waals surface area contributed by atoms with Gasteiger partial charge in [0.1, 0.15) is 5.75 Å². The SMILES string of the molecule is Cc1ccc(Oc2nc3c([nH]2)CN(c2ccccc2)C3=O)cc1C(=O)O. The number of ether oxygens (including phenoxy) is 1. The van der Waals surface area contributed by atoms with Crippen molar-refractivity contribution in [2.45, 2.75) is 13.5 Å². The maximum absolute atomic E-state index is 12.6. The van der Waals surface area contributed by atoms with E-state index < -0.39 is 5.97 Å². The molecule has 7 heteroatoms. The number of para-hydroxylation sites is 1. The fourth-order valence-corrected chi connectivity index (χ4v) is 2.91. The zero-order valence-corrected chi connectivity index (χ0v) is 13.9. The van der Waals surface area contributed by atoms with Gasteiger partial charge in [-0.15, -0.1) is 0 Å². The predicted octanol–water partition coefficient (Wildman–Crippen LogP) is 3.37. The van der Waals surface area contributed by atoms with E-state index in [9.17, 15) is 14.7 Å². The molecule has 0 radical (unpaired) electrons. The predicted molar refractivity (Wildman–Crippen MR) is 93.8 cm³/mol. The van der Waals surface area contributed by atoms with Gasteiger partial charge in [-0.25, -0.2) is 4.79 Å². The minimum Gasteiger partial charge on any atom is -0.478 e. The summed E-state index contributed by atoms with van der Waals surface area (Å²) in [6, 6.07) is 14.3. The third-order valence-corrected chi connectivity index (χ3v) is 4.24. The van der Waals surface area contributed by atoms with Gasteiger partial charge in [0.2, 0.25) is 0 Å². The zero-order chi connectivity index (χ0) is 18.3. The number of rotatable bonds is 4. The second kappa shape index (κ2) is 6.03. The molecule has 0 spiro atoms. The molecule has 3 aromatic rings. The summed E-state index contributed by atoms with van der Waals surface area (Å²) in [7, 11) is 0. The molecule has 0 unspecified atom stereocenters. The van der Waals surface area contributed by atoms with Crippen LogP contribution in [0.4, 0.5) is 5.69 Å². The summed E-state index contributed by atoms with van der Waals surface area (Å²) in [4.78, 5) is 32.6. The highest BCUT2D eigenvalue weighted by Gasteiger charge is 2.32. The number of carbonyl (C=O) groups is 2. The summed E-state index contributed by atoms with van der Waals surface area (Å²) in [6.07, 6.45) is 0. The highest BCUT2D eigenvalue weighted by molar-refractivity contribution is 6.08. The number of fused-ring (bicyclic) bond motifs is 1. The number of aromatic carboxylic acids is 1. The molecule has 1 aliphatic heterocycles. The summed E-state index contributed by atoms with van der Waals surface area (Å²) in [5, 5.41) is 9.19. The van der Waals surface area contributed by atoms with Crippen LogP contribution >= 0.6 is 0 Å². The number of aromatic amines is 1. The summed E-state index contributed by atoms with van der Waals surface area (Å²) in [5.41, 5.74) is 2.58. The molecule has 0 aliphatic carbocycles. The van der Waals surface area contributed by atoms with Crippen LogP contribution in [0.25, 0.3) is 0 Å². The Hall–Kier alpha value is -3.61. The number of nitrogens with one attached hydrogen (secondary N) is 1. The van der Waals surface area contributed by atoms with E-state index in [1.807, 2.05) is 30.3 Å². The van der Waals surface area contributed by atoms with Crippen molar-refractivity contribution in [2.75, 3.05) is 4.90 Å². The molecule has 0 atom stereocenters. The molecule has 130 valence electrons. The molecule has 1 aliphatic rings. The van der Waals surface area contributed by atoms with Gasteiger partial charge in [0, 0.05) is 5.69 Å². The van der Waals surface area contributed by atoms with Crippen LogP contribution in [0.3, 0.4) is 0 Å². The van der Waals surface area contributed by atoms with Gasteiger partial charge in [-0.1, -0.05) is 24.3 Å². The van der Waals surface area contributed by atoms with Crippen LogP contribution in [0.2, 0.25) is 0 Å². The third-order valence-electron chi connectivity index (χ3n) is 4.24. The largest absolute Gasteiger partial charge is 0.478 e. The van der Waals surface area contributed by atoms with Crippen molar-refractivity contribution < 1.29 is 19.4 Å².